The van der Waals surface area contributed by atoms with Crippen molar-refractivity contribution in [2.24, 2.45) is 5.92 Å². The molecule has 0 saturated heterocycles. The SMILES string of the molecule is Cc1cc(CCC(C)CCNC(C)(C)C)c(C)cc1Br. The maximum Gasteiger partial charge on any atom is 0.0207 e. The van der Waals surface area contributed by atoms with E-state index >= 15 is 0 Å². The monoisotopic (exact) mass is 339 g/mol. The molecule has 0 radical (unpaired) electrons. The zero-order chi connectivity index (χ0) is 15.3. The van der Waals surface area contributed by atoms with Crippen LogP contribution in [0.15, 0.2) is 16.6 Å². The highest BCUT2D eigenvalue weighted by Gasteiger charge is 2.10. The molecule has 1 N–H and O–H groups in total. The third-order valence-corrected chi connectivity index (χ3v) is 4.67. The molecule has 0 aromatic heterocycles. The van der Waals surface area contributed by atoms with E-state index in [-0.39, 0.29) is 5.54 Å². The first-order valence-electron chi connectivity index (χ1n) is 7.69. The summed E-state index contributed by atoms with van der Waals surface area (Å²) >= 11 is 3.60. The maximum atomic E-state index is 3.60. The third-order valence-electron chi connectivity index (χ3n) is 3.82. The minimum atomic E-state index is 0.235. The van der Waals surface area contributed by atoms with Crippen LogP contribution in [0.25, 0.3) is 0 Å². The van der Waals surface area contributed by atoms with Crippen molar-refractivity contribution in [1.82, 2.24) is 5.32 Å². The van der Waals surface area contributed by atoms with Crippen LogP contribution in [-0.2, 0) is 6.42 Å². The van der Waals surface area contributed by atoms with Crippen LogP contribution in [0, 0.1) is 19.8 Å². The second kappa shape index (κ2) is 7.61. The molecule has 0 spiro atoms. The molecular weight excluding hydrogens is 310 g/mol. The highest BCUT2D eigenvalue weighted by molar-refractivity contribution is 9.10. The molecule has 0 bridgehead atoms. The van der Waals surface area contributed by atoms with Crippen LogP contribution in [0.5, 0.6) is 0 Å². The van der Waals surface area contributed by atoms with Gasteiger partial charge >= 0.3 is 0 Å². The van der Waals surface area contributed by atoms with Gasteiger partial charge in [0.15, 0.2) is 0 Å². The van der Waals surface area contributed by atoms with Crippen molar-refractivity contribution in [3.8, 4) is 0 Å². The minimum Gasteiger partial charge on any atom is -0.312 e. The maximum absolute atomic E-state index is 3.60. The fourth-order valence-corrected chi connectivity index (χ4v) is 2.81. The third kappa shape index (κ3) is 6.41. The van der Waals surface area contributed by atoms with Crippen LogP contribution in [0.3, 0.4) is 0 Å². The van der Waals surface area contributed by atoms with Crippen molar-refractivity contribution in [2.75, 3.05) is 6.54 Å². The zero-order valence-electron chi connectivity index (χ0n) is 13.9. The normalized spacial score (nSPS) is 13.6. The van der Waals surface area contributed by atoms with Crippen molar-refractivity contribution >= 4 is 15.9 Å². The highest BCUT2D eigenvalue weighted by atomic mass is 79.9. The van der Waals surface area contributed by atoms with E-state index < -0.39 is 0 Å². The van der Waals surface area contributed by atoms with Gasteiger partial charge in [0.1, 0.15) is 0 Å². The lowest BCUT2D eigenvalue weighted by molar-refractivity contribution is 0.386. The summed E-state index contributed by atoms with van der Waals surface area (Å²) in [5, 5.41) is 3.57. The highest BCUT2D eigenvalue weighted by Crippen LogP contribution is 2.23. The van der Waals surface area contributed by atoms with E-state index in [4.69, 9.17) is 0 Å². The molecule has 0 fully saturated rings. The first-order chi connectivity index (χ1) is 9.19. The summed E-state index contributed by atoms with van der Waals surface area (Å²) in [6.45, 7) is 14.5. The first kappa shape index (κ1) is 17.7. The summed E-state index contributed by atoms with van der Waals surface area (Å²) < 4.78 is 1.22. The molecule has 1 atom stereocenters. The molecule has 1 rings (SSSR count). The molecule has 20 heavy (non-hydrogen) atoms. The Balaban J connectivity index is 2.41. The zero-order valence-corrected chi connectivity index (χ0v) is 15.5. The van der Waals surface area contributed by atoms with E-state index in [9.17, 15) is 0 Å². The van der Waals surface area contributed by atoms with Gasteiger partial charge in [-0.1, -0.05) is 28.9 Å². The Morgan fingerprint density at radius 1 is 1.10 bits per heavy atom. The molecule has 0 heterocycles. The molecule has 0 saturated carbocycles. The molecule has 2 heteroatoms. The number of benzene rings is 1. The molecule has 0 amide bonds. The van der Waals surface area contributed by atoms with Crippen molar-refractivity contribution in [2.45, 2.75) is 66.3 Å². The fourth-order valence-electron chi connectivity index (χ4n) is 2.35. The van der Waals surface area contributed by atoms with E-state index in [0.717, 1.165) is 12.5 Å². The largest absolute Gasteiger partial charge is 0.312 e. The lowest BCUT2D eigenvalue weighted by Gasteiger charge is -2.22. The van der Waals surface area contributed by atoms with Gasteiger partial charge in [0.2, 0.25) is 0 Å². The fraction of sp³-hybridized carbons (Fsp3) is 0.667. The number of aryl methyl sites for hydroxylation is 3. The quantitative estimate of drug-likeness (QED) is 0.730. The van der Waals surface area contributed by atoms with Gasteiger partial charge in [-0.2, -0.15) is 0 Å². The molecule has 0 aliphatic carbocycles. The minimum absolute atomic E-state index is 0.235. The predicted octanol–water partition coefficient (Wildman–Crippen LogP) is 5.41. The Morgan fingerprint density at radius 3 is 2.35 bits per heavy atom. The van der Waals surface area contributed by atoms with Crippen LogP contribution in [-0.4, -0.2) is 12.1 Å². The molecular formula is C18H30BrN. The van der Waals surface area contributed by atoms with Gasteiger partial charge in [-0.3, -0.25) is 0 Å². The average molecular weight is 340 g/mol. The van der Waals surface area contributed by atoms with Crippen LogP contribution < -0.4 is 5.32 Å². The van der Waals surface area contributed by atoms with Crippen LogP contribution in [0.4, 0.5) is 0 Å². The lowest BCUT2D eigenvalue weighted by Crippen LogP contribution is -2.36. The summed E-state index contributed by atoms with van der Waals surface area (Å²) in [6.07, 6.45) is 3.72. The van der Waals surface area contributed by atoms with Crippen molar-refractivity contribution < 1.29 is 0 Å². The molecule has 1 aromatic rings. The van der Waals surface area contributed by atoms with E-state index in [2.05, 4.69) is 74.9 Å². The number of nitrogens with one attached hydrogen (secondary N) is 1. The second-order valence-electron chi connectivity index (χ2n) is 7.14. The van der Waals surface area contributed by atoms with Gasteiger partial charge in [-0.15, -0.1) is 0 Å². The smallest absolute Gasteiger partial charge is 0.0207 e. The Hall–Kier alpha value is -0.340. The van der Waals surface area contributed by atoms with E-state index in [1.54, 1.807) is 0 Å². The summed E-state index contributed by atoms with van der Waals surface area (Å²) in [7, 11) is 0. The number of hydrogen-bond acceptors (Lipinski definition) is 1. The van der Waals surface area contributed by atoms with Crippen LogP contribution >= 0.6 is 15.9 Å². The van der Waals surface area contributed by atoms with Crippen LogP contribution in [0.2, 0.25) is 0 Å². The van der Waals surface area contributed by atoms with Gasteiger partial charge in [-0.05, 0) is 89.1 Å². The van der Waals surface area contributed by atoms with Crippen molar-refractivity contribution in [1.29, 1.82) is 0 Å². The molecule has 0 aliphatic rings. The van der Waals surface area contributed by atoms with Crippen molar-refractivity contribution in [3.63, 3.8) is 0 Å². The van der Waals surface area contributed by atoms with Gasteiger partial charge in [0, 0.05) is 10.0 Å². The molecule has 114 valence electrons. The number of halogens is 1. The molecule has 1 nitrogen and oxygen atoms in total. The van der Waals surface area contributed by atoms with Crippen molar-refractivity contribution in [3.05, 3.63) is 33.3 Å². The van der Waals surface area contributed by atoms with Gasteiger partial charge in [-0.25, -0.2) is 0 Å². The summed E-state index contributed by atoms with van der Waals surface area (Å²) in [5.41, 5.74) is 4.48. The lowest BCUT2D eigenvalue weighted by atomic mass is 9.94. The van der Waals surface area contributed by atoms with Crippen LogP contribution in [0.1, 0.15) is 57.2 Å². The Bertz CT molecular complexity index is 432. The number of hydrogen-bond donors (Lipinski definition) is 1. The molecule has 1 unspecified atom stereocenters. The Kier molecular flexibility index (Phi) is 6.74. The average Bonchev–Trinajstić information content (AvgIpc) is 2.30. The van der Waals surface area contributed by atoms with Gasteiger partial charge < -0.3 is 5.32 Å². The predicted molar refractivity (Wildman–Crippen MR) is 93.5 cm³/mol. The van der Waals surface area contributed by atoms with E-state index in [1.807, 2.05) is 0 Å². The van der Waals surface area contributed by atoms with Gasteiger partial charge in [0.25, 0.3) is 0 Å². The first-order valence-corrected chi connectivity index (χ1v) is 8.49. The number of rotatable bonds is 6. The summed E-state index contributed by atoms with van der Waals surface area (Å²) in [4.78, 5) is 0. The Morgan fingerprint density at radius 2 is 1.75 bits per heavy atom. The van der Waals surface area contributed by atoms with E-state index in [0.29, 0.717) is 0 Å². The Labute approximate surface area is 133 Å². The van der Waals surface area contributed by atoms with Gasteiger partial charge in [0.05, 0.1) is 0 Å². The van der Waals surface area contributed by atoms with E-state index in [1.165, 1.54) is 40.4 Å². The summed E-state index contributed by atoms with van der Waals surface area (Å²) in [6, 6.07) is 4.58. The topological polar surface area (TPSA) is 12.0 Å². The standard InChI is InChI=1S/C18H30BrN/c1-13(9-10-20-18(4,5)6)7-8-16-11-15(3)17(19)12-14(16)2/h11-13,20H,7-10H2,1-6H3. The second-order valence-corrected chi connectivity index (χ2v) is 7.99. The molecule has 0 aliphatic heterocycles. The molecule has 1 aromatic carbocycles. The summed E-state index contributed by atoms with van der Waals surface area (Å²) in [5.74, 6) is 0.771.